The Labute approximate surface area is 140 Å². The van der Waals surface area contributed by atoms with E-state index in [9.17, 15) is 19.7 Å². The van der Waals surface area contributed by atoms with Gasteiger partial charge in [-0.3, -0.25) is 19.7 Å². The van der Waals surface area contributed by atoms with Crippen LogP contribution in [0, 0.1) is 20.9 Å². The van der Waals surface area contributed by atoms with Crippen LogP contribution >= 0.6 is 0 Å². The van der Waals surface area contributed by atoms with Gasteiger partial charge in [-0.05, 0) is 26.7 Å². The number of nitrogens with zero attached hydrogens (tertiary/aromatic N) is 1. The third kappa shape index (κ3) is 2.41. The Morgan fingerprint density at radius 3 is 2.46 bits per heavy atom. The number of ketones is 1. The molecule has 128 valence electrons. The smallest absolute Gasteiger partial charge is 0.320 e. The summed E-state index contributed by atoms with van der Waals surface area (Å²) >= 11 is 0. The van der Waals surface area contributed by atoms with Gasteiger partial charge in [-0.25, -0.2) is 0 Å². The summed E-state index contributed by atoms with van der Waals surface area (Å²) in [6.45, 7) is 3.53. The summed E-state index contributed by atoms with van der Waals surface area (Å²) in [4.78, 5) is 36.4. The van der Waals surface area contributed by atoms with Gasteiger partial charge in [0.25, 0.3) is 5.69 Å². The van der Waals surface area contributed by atoms with Crippen molar-refractivity contribution in [2.75, 3.05) is 0 Å². The van der Waals surface area contributed by atoms with E-state index >= 15 is 0 Å². The third-order valence-corrected chi connectivity index (χ3v) is 5.38. The lowest BCUT2D eigenvalue weighted by molar-refractivity contribution is -0.385. The zero-order valence-corrected chi connectivity index (χ0v) is 13.9. The molecule has 0 N–H and O–H groups in total. The molecule has 0 radical (unpaired) electrons. The van der Waals surface area contributed by atoms with Crippen LogP contribution in [-0.2, 0) is 14.3 Å². The molecule has 1 aliphatic carbocycles. The molecule has 0 aromatic heterocycles. The molecule has 1 aromatic rings. The molecule has 3 rings (SSSR count). The molecule has 1 aliphatic heterocycles. The minimum absolute atomic E-state index is 0.0789. The summed E-state index contributed by atoms with van der Waals surface area (Å²) in [7, 11) is 0. The van der Waals surface area contributed by atoms with Crippen molar-refractivity contribution < 1.29 is 19.2 Å². The number of carbonyl (C=O) groups is 2. The van der Waals surface area contributed by atoms with Gasteiger partial charge in [0, 0.05) is 17.7 Å². The van der Waals surface area contributed by atoms with Gasteiger partial charge in [0.1, 0.15) is 11.5 Å². The average molecular weight is 331 g/mol. The second-order valence-corrected chi connectivity index (χ2v) is 7.33. The maximum atomic E-state index is 13.2. The molecule has 1 atom stereocenters. The van der Waals surface area contributed by atoms with Crippen molar-refractivity contribution in [2.45, 2.75) is 52.1 Å². The standard InChI is InChI=1S/C18H21NO5/c1-17(2)14(12-7-6-8-13(11-12)19(22)23)24-16(21)18(15(17)20)9-4-3-5-10-18/h6-8,11,14H,3-5,9-10H2,1-2H3/t14-/m1/s1. The number of cyclic esters (lactones) is 1. The first-order valence-electron chi connectivity index (χ1n) is 8.29. The van der Waals surface area contributed by atoms with Crippen LogP contribution in [0.15, 0.2) is 24.3 Å². The monoisotopic (exact) mass is 331 g/mol. The van der Waals surface area contributed by atoms with Crippen molar-refractivity contribution >= 4 is 17.4 Å². The fourth-order valence-corrected chi connectivity index (χ4v) is 4.07. The number of non-ortho nitro benzene ring substituents is 1. The van der Waals surface area contributed by atoms with Crippen LogP contribution in [0.25, 0.3) is 0 Å². The summed E-state index contributed by atoms with van der Waals surface area (Å²) in [5.74, 6) is -0.564. The predicted octanol–water partition coefficient (Wildman–Crippen LogP) is 3.74. The Morgan fingerprint density at radius 1 is 1.17 bits per heavy atom. The van der Waals surface area contributed by atoms with Crippen LogP contribution in [0.1, 0.15) is 57.6 Å². The van der Waals surface area contributed by atoms with E-state index in [1.807, 2.05) is 0 Å². The van der Waals surface area contributed by atoms with Crippen molar-refractivity contribution in [3.8, 4) is 0 Å². The first-order valence-corrected chi connectivity index (χ1v) is 8.29. The largest absolute Gasteiger partial charge is 0.456 e. The lowest BCUT2D eigenvalue weighted by Crippen LogP contribution is -2.55. The van der Waals surface area contributed by atoms with Crippen LogP contribution in [0.4, 0.5) is 5.69 Å². The van der Waals surface area contributed by atoms with Crippen LogP contribution in [0.2, 0.25) is 0 Å². The fraction of sp³-hybridized carbons (Fsp3) is 0.556. The Bertz CT molecular complexity index is 703. The molecule has 0 bridgehead atoms. The Balaban J connectivity index is 2.00. The Morgan fingerprint density at radius 2 is 1.83 bits per heavy atom. The zero-order chi connectivity index (χ0) is 17.5. The molecule has 1 heterocycles. The lowest BCUT2D eigenvalue weighted by Gasteiger charge is -2.47. The highest BCUT2D eigenvalue weighted by atomic mass is 16.6. The second kappa shape index (κ2) is 5.69. The highest BCUT2D eigenvalue weighted by Gasteiger charge is 2.60. The minimum atomic E-state index is -1.03. The number of rotatable bonds is 2. The van der Waals surface area contributed by atoms with Gasteiger partial charge in [0.2, 0.25) is 0 Å². The number of Topliss-reactive ketones (excluding diaryl/α,β-unsaturated/α-hetero) is 1. The molecule has 2 aliphatic rings. The number of nitro groups is 1. The average Bonchev–Trinajstić information content (AvgIpc) is 2.58. The molecule has 6 heteroatoms. The molecule has 0 amide bonds. The number of carbonyl (C=O) groups excluding carboxylic acids is 2. The highest BCUT2D eigenvalue weighted by molar-refractivity contribution is 6.08. The van der Waals surface area contributed by atoms with Gasteiger partial charge in [0.15, 0.2) is 5.78 Å². The Kier molecular flexibility index (Phi) is 3.94. The molecule has 1 saturated carbocycles. The van der Waals surface area contributed by atoms with Crippen LogP contribution in [0.5, 0.6) is 0 Å². The van der Waals surface area contributed by atoms with E-state index in [0.29, 0.717) is 18.4 Å². The van der Waals surface area contributed by atoms with E-state index in [1.54, 1.807) is 26.0 Å². The Hall–Kier alpha value is -2.24. The fourth-order valence-electron chi connectivity index (χ4n) is 4.07. The van der Waals surface area contributed by atoms with Gasteiger partial charge in [-0.2, -0.15) is 0 Å². The van der Waals surface area contributed by atoms with Crippen molar-refractivity contribution in [3.63, 3.8) is 0 Å². The first kappa shape index (κ1) is 16.6. The zero-order valence-electron chi connectivity index (χ0n) is 13.9. The van der Waals surface area contributed by atoms with E-state index < -0.39 is 27.8 Å². The van der Waals surface area contributed by atoms with Gasteiger partial charge >= 0.3 is 5.97 Å². The number of esters is 1. The third-order valence-electron chi connectivity index (χ3n) is 5.38. The predicted molar refractivity (Wildman–Crippen MR) is 86.2 cm³/mol. The summed E-state index contributed by atoms with van der Waals surface area (Å²) in [5.41, 5.74) is -1.54. The molecule has 6 nitrogen and oxygen atoms in total. The molecule has 0 unspecified atom stereocenters. The minimum Gasteiger partial charge on any atom is -0.456 e. The summed E-state index contributed by atoms with van der Waals surface area (Å²) in [6.07, 6.45) is 2.99. The quantitative estimate of drug-likeness (QED) is 0.356. The molecule has 1 aromatic carbocycles. The van der Waals surface area contributed by atoms with E-state index in [-0.39, 0.29) is 11.5 Å². The van der Waals surface area contributed by atoms with E-state index in [1.165, 1.54) is 12.1 Å². The van der Waals surface area contributed by atoms with E-state index in [4.69, 9.17) is 4.74 Å². The van der Waals surface area contributed by atoms with Gasteiger partial charge in [-0.1, -0.05) is 31.4 Å². The molecule has 2 fully saturated rings. The summed E-state index contributed by atoms with van der Waals surface area (Å²) < 4.78 is 5.70. The van der Waals surface area contributed by atoms with E-state index in [2.05, 4.69) is 0 Å². The molecular formula is C18H21NO5. The second-order valence-electron chi connectivity index (χ2n) is 7.33. The number of nitro benzene ring substituents is 1. The first-order chi connectivity index (χ1) is 11.3. The number of hydrogen-bond acceptors (Lipinski definition) is 5. The molecule has 24 heavy (non-hydrogen) atoms. The van der Waals surface area contributed by atoms with Crippen molar-refractivity contribution in [3.05, 3.63) is 39.9 Å². The van der Waals surface area contributed by atoms with Crippen LogP contribution in [0.3, 0.4) is 0 Å². The van der Waals surface area contributed by atoms with Crippen LogP contribution in [-0.4, -0.2) is 16.7 Å². The number of benzene rings is 1. The SMILES string of the molecule is CC1(C)C(=O)C2(CCCCC2)C(=O)O[C@@H]1c1cccc([N+](=O)[O-])c1. The van der Waals surface area contributed by atoms with Gasteiger partial charge in [0.05, 0.1) is 10.3 Å². The van der Waals surface area contributed by atoms with Crippen molar-refractivity contribution in [2.24, 2.45) is 10.8 Å². The highest BCUT2D eigenvalue weighted by Crippen LogP contribution is 2.53. The molecule has 1 spiro atoms. The van der Waals surface area contributed by atoms with Gasteiger partial charge < -0.3 is 4.74 Å². The summed E-state index contributed by atoms with van der Waals surface area (Å²) in [5, 5.41) is 11.0. The van der Waals surface area contributed by atoms with E-state index in [0.717, 1.165) is 19.3 Å². The number of ether oxygens (including phenoxy) is 1. The topological polar surface area (TPSA) is 86.5 Å². The maximum absolute atomic E-state index is 13.2. The van der Waals surface area contributed by atoms with Crippen LogP contribution < -0.4 is 0 Å². The maximum Gasteiger partial charge on any atom is 0.320 e. The molecular weight excluding hydrogens is 310 g/mol. The number of hydrogen-bond donors (Lipinski definition) is 0. The van der Waals surface area contributed by atoms with Gasteiger partial charge in [-0.15, -0.1) is 0 Å². The van der Waals surface area contributed by atoms with Crippen molar-refractivity contribution in [1.29, 1.82) is 0 Å². The summed E-state index contributed by atoms with van der Waals surface area (Å²) in [6, 6.07) is 5.98. The molecule has 1 saturated heterocycles. The lowest BCUT2D eigenvalue weighted by atomic mass is 9.60. The normalized spacial score (nSPS) is 25.3. The van der Waals surface area contributed by atoms with Crippen molar-refractivity contribution in [1.82, 2.24) is 0 Å².